The van der Waals surface area contributed by atoms with E-state index in [9.17, 15) is 9.59 Å². The maximum absolute atomic E-state index is 13.2. The highest BCUT2D eigenvalue weighted by atomic mass is 16.2. The molecule has 0 aromatic heterocycles. The molecular formula is C23H33N3O2. The van der Waals surface area contributed by atoms with Crippen molar-refractivity contribution >= 4 is 17.5 Å². The third kappa shape index (κ3) is 3.63. The van der Waals surface area contributed by atoms with Crippen molar-refractivity contribution in [2.75, 3.05) is 31.1 Å². The number of nitrogens with one attached hydrogen (secondary N) is 1. The molecule has 0 unspecified atom stereocenters. The molecule has 2 aliphatic carbocycles. The van der Waals surface area contributed by atoms with Gasteiger partial charge in [-0.1, -0.05) is 31.4 Å². The van der Waals surface area contributed by atoms with Crippen molar-refractivity contribution in [2.45, 2.75) is 64.8 Å². The zero-order valence-corrected chi connectivity index (χ0v) is 17.3. The van der Waals surface area contributed by atoms with Crippen LogP contribution in [0.5, 0.6) is 0 Å². The second-order valence-corrected chi connectivity index (χ2v) is 8.89. The molecule has 1 aromatic rings. The molecule has 1 heterocycles. The monoisotopic (exact) mass is 383 g/mol. The lowest BCUT2D eigenvalue weighted by molar-refractivity contribution is -0.144. The highest BCUT2D eigenvalue weighted by Crippen LogP contribution is 2.48. The summed E-state index contributed by atoms with van der Waals surface area (Å²) < 4.78 is 0. The second-order valence-electron chi connectivity index (χ2n) is 8.89. The minimum atomic E-state index is -0.765. The van der Waals surface area contributed by atoms with Crippen molar-refractivity contribution in [3.8, 4) is 0 Å². The van der Waals surface area contributed by atoms with Crippen LogP contribution in [-0.2, 0) is 9.59 Å². The lowest BCUT2D eigenvalue weighted by Crippen LogP contribution is -2.54. The van der Waals surface area contributed by atoms with Crippen LogP contribution in [0.4, 0.5) is 5.69 Å². The minimum absolute atomic E-state index is 0.0126. The van der Waals surface area contributed by atoms with Crippen LogP contribution in [-0.4, -0.2) is 48.9 Å². The maximum atomic E-state index is 13.2. The summed E-state index contributed by atoms with van der Waals surface area (Å²) in [7, 11) is 0. The average Bonchev–Trinajstić information content (AvgIpc) is 3.53. The molecule has 3 fully saturated rings. The average molecular weight is 384 g/mol. The van der Waals surface area contributed by atoms with Gasteiger partial charge in [0.05, 0.1) is 0 Å². The van der Waals surface area contributed by atoms with Gasteiger partial charge in [0.2, 0.25) is 11.8 Å². The lowest BCUT2D eigenvalue weighted by atomic mass is 9.94. The predicted octanol–water partition coefficient (Wildman–Crippen LogP) is 3.18. The van der Waals surface area contributed by atoms with Crippen LogP contribution in [0.1, 0.15) is 56.1 Å². The SMILES string of the molecule is Cc1cccc(N2CCN(C(=O)C3(C(=O)NC4CCCCC4)CC3)CC2)c1C. The summed E-state index contributed by atoms with van der Waals surface area (Å²) in [5, 5.41) is 3.19. The number of hydrogen-bond donors (Lipinski definition) is 1. The number of anilines is 1. The Morgan fingerprint density at radius 3 is 2.32 bits per heavy atom. The first-order chi connectivity index (χ1) is 13.5. The van der Waals surface area contributed by atoms with Crippen LogP contribution in [0, 0.1) is 19.3 Å². The Morgan fingerprint density at radius 1 is 1.00 bits per heavy atom. The Hall–Kier alpha value is -2.04. The summed E-state index contributed by atoms with van der Waals surface area (Å²) in [5.41, 5.74) is 3.11. The third-order valence-corrected chi connectivity index (χ3v) is 7.02. The van der Waals surface area contributed by atoms with E-state index in [2.05, 4.69) is 42.3 Å². The van der Waals surface area contributed by atoms with Crippen LogP contribution in [0.25, 0.3) is 0 Å². The molecule has 0 bridgehead atoms. The van der Waals surface area contributed by atoms with Crippen molar-refractivity contribution in [2.24, 2.45) is 5.41 Å². The first-order valence-corrected chi connectivity index (χ1v) is 10.9. The van der Waals surface area contributed by atoms with Crippen molar-refractivity contribution in [3.63, 3.8) is 0 Å². The molecule has 4 rings (SSSR count). The van der Waals surface area contributed by atoms with Gasteiger partial charge in [-0.3, -0.25) is 9.59 Å². The van der Waals surface area contributed by atoms with Gasteiger partial charge in [-0.15, -0.1) is 0 Å². The first-order valence-electron chi connectivity index (χ1n) is 10.9. The molecule has 2 saturated carbocycles. The molecule has 1 N–H and O–H groups in total. The standard InChI is InChI=1S/C23H33N3O2/c1-17-7-6-10-20(18(17)2)25-13-15-26(16-14-25)22(28)23(11-12-23)21(27)24-19-8-4-3-5-9-19/h6-7,10,19H,3-5,8-9,11-16H2,1-2H3,(H,24,27). The van der Waals surface area contributed by atoms with E-state index in [1.54, 1.807) is 0 Å². The Bertz CT molecular complexity index is 742. The van der Waals surface area contributed by atoms with Gasteiger partial charge < -0.3 is 15.1 Å². The van der Waals surface area contributed by atoms with E-state index in [1.165, 1.54) is 36.1 Å². The van der Waals surface area contributed by atoms with Crippen LogP contribution in [0.2, 0.25) is 0 Å². The molecule has 3 aliphatic rings. The molecule has 5 nitrogen and oxygen atoms in total. The van der Waals surface area contributed by atoms with E-state index in [0.717, 1.165) is 25.9 Å². The molecule has 0 radical (unpaired) electrons. The van der Waals surface area contributed by atoms with Gasteiger partial charge in [-0.25, -0.2) is 0 Å². The van der Waals surface area contributed by atoms with Crippen LogP contribution in [0.15, 0.2) is 18.2 Å². The molecular weight excluding hydrogens is 350 g/mol. The van der Waals surface area contributed by atoms with E-state index in [0.29, 0.717) is 25.9 Å². The normalized spacial score (nSPS) is 22.1. The van der Waals surface area contributed by atoms with Crippen molar-refractivity contribution in [3.05, 3.63) is 29.3 Å². The number of amides is 2. The Kier molecular flexibility index (Phi) is 5.35. The molecule has 1 aromatic carbocycles. The Balaban J connectivity index is 1.35. The second kappa shape index (κ2) is 7.76. The van der Waals surface area contributed by atoms with Crippen molar-refractivity contribution < 1.29 is 9.59 Å². The van der Waals surface area contributed by atoms with Crippen molar-refractivity contribution in [1.29, 1.82) is 0 Å². The van der Waals surface area contributed by atoms with Crippen LogP contribution in [0.3, 0.4) is 0 Å². The number of carbonyl (C=O) groups excluding carboxylic acids is 2. The molecule has 0 spiro atoms. The summed E-state index contributed by atoms with van der Waals surface area (Å²) >= 11 is 0. The zero-order chi connectivity index (χ0) is 19.7. The summed E-state index contributed by atoms with van der Waals surface area (Å²) in [6, 6.07) is 6.68. The number of hydrogen-bond acceptors (Lipinski definition) is 3. The van der Waals surface area contributed by atoms with Crippen LogP contribution < -0.4 is 10.2 Å². The molecule has 152 valence electrons. The quantitative estimate of drug-likeness (QED) is 0.813. The topological polar surface area (TPSA) is 52.7 Å². The largest absolute Gasteiger partial charge is 0.368 e. The van der Waals surface area contributed by atoms with Crippen LogP contribution >= 0.6 is 0 Å². The predicted molar refractivity (Wildman–Crippen MR) is 111 cm³/mol. The Morgan fingerprint density at radius 2 is 1.68 bits per heavy atom. The summed E-state index contributed by atoms with van der Waals surface area (Å²) in [6.45, 7) is 7.36. The number of aryl methyl sites for hydroxylation is 1. The van der Waals surface area contributed by atoms with Gasteiger partial charge in [0.25, 0.3) is 0 Å². The zero-order valence-electron chi connectivity index (χ0n) is 17.3. The fraction of sp³-hybridized carbons (Fsp3) is 0.652. The number of nitrogens with zero attached hydrogens (tertiary/aromatic N) is 2. The van der Waals surface area contributed by atoms with E-state index in [1.807, 2.05) is 4.90 Å². The van der Waals surface area contributed by atoms with E-state index < -0.39 is 5.41 Å². The van der Waals surface area contributed by atoms with E-state index in [-0.39, 0.29) is 17.9 Å². The van der Waals surface area contributed by atoms with Gasteiger partial charge in [0.15, 0.2) is 0 Å². The molecule has 28 heavy (non-hydrogen) atoms. The van der Waals surface area contributed by atoms with Gasteiger partial charge in [0, 0.05) is 37.9 Å². The number of benzene rings is 1. The summed E-state index contributed by atoms with van der Waals surface area (Å²) in [5.74, 6) is 0.0442. The van der Waals surface area contributed by atoms with Gasteiger partial charge in [0.1, 0.15) is 5.41 Å². The van der Waals surface area contributed by atoms with E-state index in [4.69, 9.17) is 0 Å². The number of carbonyl (C=O) groups is 2. The molecule has 2 amide bonds. The highest BCUT2D eigenvalue weighted by molar-refractivity contribution is 6.08. The molecule has 5 heteroatoms. The third-order valence-electron chi connectivity index (χ3n) is 7.02. The lowest BCUT2D eigenvalue weighted by Gasteiger charge is -2.38. The van der Waals surface area contributed by atoms with Gasteiger partial charge in [-0.2, -0.15) is 0 Å². The minimum Gasteiger partial charge on any atom is -0.368 e. The highest BCUT2D eigenvalue weighted by Gasteiger charge is 2.58. The van der Waals surface area contributed by atoms with Gasteiger partial charge >= 0.3 is 0 Å². The fourth-order valence-corrected chi connectivity index (χ4v) is 4.76. The van der Waals surface area contributed by atoms with Gasteiger partial charge in [-0.05, 0) is 56.7 Å². The van der Waals surface area contributed by atoms with E-state index >= 15 is 0 Å². The fourth-order valence-electron chi connectivity index (χ4n) is 4.76. The summed E-state index contributed by atoms with van der Waals surface area (Å²) in [6.07, 6.45) is 7.18. The molecule has 1 aliphatic heterocycles. The van der Waals surface area contributed by atoms with Crippen molar-refractivity contribution in [1.82, 2.24) is 10.2 Å². The smallest absolute Gasteiger partial charge is 0.238 e. The number of rotatable bonds is 4. The Labute approximate surface area is 168 Å². The molecule has 1 saturated heterocycles. The number of piperazine rings is 1. The summed E-state index contributed by atoms with van der Waals surface area (Å²) in [4.78, 5) is 30.3. The molecule has 0 atom stereocenters. The first kappa shape index (κ1) is 19.3. The maximum Gasteiger partial charge on any atom is 0.238 e.